The maximum absolute atomic E-state index is 12.8. The minimum Gasteiger partial charge on any atom is -0.370 e. The molecule has 0 fully saturated rings. The smallest absolute Gasteiger partial charge is 0.370 e. The Morgan fingerprint density at radius 2 is 2.10 bits per heavy atom. The molecule has 0 spiro atoms. The first kappa shape index (κ1) is 14.4. The summed E-state index contributed by atoms with van der Waals surface area (Å²) in [6.45, 7) is 1.97. The summed E-state index contributed by atoms with van der Waals surface area (Å²) in [5.74, 6) is -0.311. The zero-order valence-electron chi connectivity index (χ0n) is 10.2. The van der Waals surface area contributed by atoms with E-state index in [-0.39, 0.29) is 16.9 Å². The molecule has 0 aliphatic carbocycles. The molecule has 2 heterocycles. The second kappa shape index (κ2) is 5.53. The molecule has 108 valence electrons. The maximum Gasteiger partial charge on any atom is 0.421 e. The van der Waals surface area contributed by atoms with Crippen LogP contribution in [0.25, 0.3) is 0 Å². The van der Waals surface area contributed by atoms with Crippen LogP contribution in [-0.4, -0.2) is 26.7 Å². The average molecular weight is 307 g/mol. The van der Waals surface area contributed by atoms with E-state index in [2.05, 4.69) is 30.8 Å². The standard InChI is InChI=1S/C10H10ClF3N6/c1-2-15-8-5(10(12,13)14)3-16-9(19-8)18-6-4-17-20-7(6)11/h3-4H,2H2,1H3,(H,17,20)(H2,15,16,18,19). The molecule has 6 nitrogen and oxygen atoms in total. The van der Waals surface area contributed by atoms with Crippen molar-refractivity contribution >= 4 is 29.1 Å². The lowest BCUT2D eigenvalue weighted by molar-refractivity contribution is -0.137. The molecule has 0 aliphatic rings. The van der Waals surface area contributed by atoms with E-state index in [4.69, 9.17) is 11.6 Å². The molecular weight excluding hydrogens is 297 g/mol. The third-order valence-electron chi connectivity index (χ3n) is 2.28. The van der Waals surface area contributed by atoms with Gasteiger partial charge in [-0.3, -0.25) is 5.10 Å². The normalized spacial score (nSPS) is 11.4. The van der Waals surface area contributed by atoms with Crippen molar-refractivity contribution in [2.24, 2.45) is 0 Å². The quantitative estimate of drug-likeness (QED) is 0.809. The fourth-order valence-corrected chi connectivity index (χ4v) is 1.57. The van der Waals surface area contributed by atoms with Gasteiger partial charge in [-0.25, -0.2) is 4.98 Å². The topological polar surface area (TPSA) is 78.5 Å². The van der Waals surface area contributed by atoms with Gasteiger partial charge in [0.2, 0.25) is 5.95 Å². The summed E-state index contributed by atoms with van der Waals surface area (Å²) < 4.78 is 38.3. The van der Waals surface area contributed by atoms with E-state index >= 15 is 0 Å². The van der Waals surface area contributed by atoms with Gasteiger partial charge < -0.3 is 10.6 Å². The average Bonchev–Trinajstić information content (AvgIpc) is 2.74. The van der Waals surface area contributed by atoms with Crippen LogP contribution in [0, 0.1) is 0 Å². The van der Waals surface area contributed by atoms with Crippen LogP contribution < -0.4 is 10.6 Å². The molecule has 0 aliphatic heterocycles. The number of hydrogen-bond acceptors (Lipinski definition) is 5. The SMILES string of the molecule is CCNc1nc(Nc2cn[nH]c2Cl)ncc1C(F)(F)F. The minimum absolute atomic E-state index is 0.0164. The van der Waals surface area contributed by atoms with E-state index in [0.717, 1.165) is 0 Å². The summed E-state index contributed by atoms with van der Waals surface area (Å²) in [6, 6.07) is 0. The van der Waals surface area contributed by atoms with Gasteiger partial charge in [0.25, 0.3) is 0 Å². The summed E-state index contributed by atoms with van der Waals surface area (Å²) in [5.41, 5.74) is -0.558. The number of hydrogen-bond donors (Lipinski definition) is 3. The van der Waals surface area contributed by atoms with Crippen LogP contribution in [0.15, 0.2) is 12.4 Å². The molecule has 0 radical (unpaired) electrons. The molecule has 0 saturated carbocycles. The number of nitrogens with zero attached hydrogens (tertiary/aromatic N) is 3. The second-order valence-electron chi connectivity index (χ2n) is 3.71. The van der Waals surface area contributed by atoms with Gasteiger partial charge in [-0.2, -0.15) is 23.3 Å². The first-order valence-corrected chi connectivity index (χ1v) is 5.93. The van der Waals surface area contributed by atoms with E-state index in [1.165, 1.54) is 6.20 Å². The number of alkyl halides is 3. The Morgan fingerprint density at radius 1 is 1.35 bits per heavy atom. The maximum atomic E-state index is 12.8. The summed E-state index contributed by atoms with van der Waals surface area (Å²) >= 11 is 5.76. The highest BCUT2D eigenvalue weighted by atomic mass is 35.5. The molecule has 0 bridgehead atoms. The minimum atomic E-state index is -4.52. The van der Waals surface area contributed by atoms with Crippen molar-refractivity contribution in [1.29, 1.82) is 0 Å². The Balaban J connectivity index is 2.32. The molecule has 0 amide bonds. The molecule has 20 heavy (non-hydrogen) atoms. The van der Waals surface area contributed by atoms with Crippen molar-refractivity contribution in [3.63, 3.8) is 0 Å². The van der Waals surface area contributed by atoms with Gasteiger partial charge in [-0.1, -0.05) is 11.6 Å². The summed E-state index contributed by atoms with van der Waals surface area (Å²) in [7, 11) is 0. The van der Waals surface area contributed by atoms with Crippen LogP contribution in [-0.2, 0) is 6.18 Å². The number of anilines is 3. The van der Waals surface area contributed by atoms with Crippen LogP contribution in [0.4, 0.5) is 30.6 Å². The highest BCUT2D eigenvalue weighted by molar-refractivity contribution is 6.32. The first-order valence-electron chi connectivity index (χ1n) is 5.55. The highest BCUT2D eigenvalue weighted by Crippen LogP contribution is 2.34. The zero-order chi connectivity index (χ0) is 14.8. The third kappa shape index (κ3) is 3.10. The Labute approximate surface area is 116 Å². The van der Waals surface area contributed by atoms with Crippen LogP contribution in [0.1, 0.15) is 12.5 Å². The summed E-state index contributed by atoms with van der Waals surface area (Å²) in [6.07, 6.45) is -2.44. The number of rotatable bonds is 4. The van der Waals surface area contributed by atoms with Crippen molar-refractivity contribution in [3.05, 3.63) is 23.1 Å². The molecule has 0 saturated heterocycles. The van der Waals surface area contributed by atoms with Crippen molar-refractivity contribution in [1.82, 2.24) is 20.2 Å². The van der Waals surface area contributed by atoms with Gasteiger partial charge >= 0.3 is 6.18 Å². The molecule has 0 atom stereocenters. The number of nitrogens with one attached hydrogen (secondary N) is 3. The van der Waals surface area contributed by atoms with Crippen LogP contribution in [0.2, 0.25) is 5.15 Å². The molecule has 3 N–H and O–H groups in total. The first-order chi connectivity index (χ1) is 9.41. The predicted octanol–water partition coefficient (Wildman–Crippen LogP) is 3.05. The molecule has 0 aromatic carbocycles. The van der Waals surface area contributed by atoms with E-state index in [1.807, 2.05) is 0 Å². The number of aromatic amines is 1. The van der Waals surface area contributed by atoms with E-state index in [1.54, 1.807) is 6.92 Å². The predicted molar refractivity (Wildman–Crippen MR) is 68.1 cm³/mol. The van der Waals surface area contributed by atoms with Crippen molar-refractivity contribution in [2.75, 3.05) is 17.2 Å². The fraction of sp³-hybridized carbons (Fsp3) is 0.300. The van der Waals surface area contributed by atoms with Gasteiger partial charge in [0.05, 0.1) is 11.9 Å². The van der Waals surface area contributed by atoms with E-state index in [0.29, 0.717) is 18.4 Å². The number of aromatic nitrogens is 4. The van der Waals surface area contributed by atoms with Crippen molar-refractivity contribution < 1.29 is 13.2 Å². The fourth-order valence-electron chi connectivity index (χ4n) is 1.43. The van der Waals surface area contributed by atoms with Gasteiger partial charge in [-0.05, 0) is 6.92 Å². The van der Waals surface area contributed by atoms with Gasteiger partial charge in [0.15, 0.2) is 0 Å². The second-order valence-corrected chi connectivity index (χ2v) is 4.08. The highest BCUT2D eigenvalue weighted by Gasteiger charge is 2.35. The number of halogens is 4. The molecule has 2 aromatic rings. The molecule has 0 unspecified atom stereocenters. The number of H-pyrrole nitrogens is 1. The van der Waals surface area contributed by atoms with Gasteiger partial charge in [0, 0.05) is 12.7 Å². The largest absolute Gasteiger partial charge is 0.421 e. The third-order valence-corrected chi connectivity index (χ3v) is 2.57. The van der Waals surface area contributed by atoms with Crippen molar-refractivity contribution in [3.8, 4) is 0 Å². The Bertz CT molecular complexity index is 597. The Morgan fingerprint density at radius 3 is 2.65 bits per heavy atom. The van der Waals surface area contributed by atoms with Crippen molar-refractivity contribution in [2.45, 2.75) is 13.1 Å². The lowest BCUT2D eigenvalue weighted by Crippen LogP contribution is -2.14. The zero-order valence-corrected chi connectivity index (χ0v) is 11.0. The molecule has 2 rings (SSSR count). The molecular formula is C10H10ClF3N6. The molecule has 2 aromatic heterocycles. The summed E-state index contributed by atoms with van der Waals surface area (Å²) in [5, 5.41) is 11.6. The molecule has 10 heteroatoms. The monoisotopic (exact) mass is 306 g/mol. The van der Waals surface area contributed by atoms with Crippen LogP contribution >= 0.6 is 11.6 Å². The van der Waals surface area contributed by atoms with E-state index in [9.17, 15) is 13.2 Å². The Hall–Kier alpha value is -2.03. The lowest BCUT2D eigenvalue weighted by atomic mass is 10.3. The summed E-state index contributed by atoms with van der Waals surface area (Å²) in [4.78, 5) is 7.41. The Kier molecular flexibility index (Phi) is 3.98. The van der Waals surface area contributed by atoms with Gasteiger partial charge in [-0.15, -0.1) is 0 Å². The van der Waals surface area contributed by atoms with Gasteiger partial charge in [0.1, 0.15) is 16.5 Å². The van der Waals surface area contributed by atoms with Crippen LogP contribution in [0.3, 0.4) is 0 Å². The van der Waals surface area contributed by atoms with E-state index < -0.39 is 11.7 Å². The van der Waals surface area contributed by atoms with Crippen LogP contribution in [0.5, 0.6) is 0 Å². The lowest BCUT2D eigenvalue weighted by Gasteiger charge is -2.13.